The van der Waals surface area contributed by atoms with E-state index in [1.54, 1.807) is 4.90 Å². The van der Waals surface area contributed by atoms with Gasteiger partial charge in [-0.3, -0.25) is 14.5 Å². The molecule has 1 amide bonds. The molecule has 2 fully saturated rings. The fourth-order valence-corrected chi connectivity index (χ4v) is 2.14. The van der Waals surface area contributed by atoms with Crippen molar-refractivity contribution in [3.05, 3.63) is 11.4 Å². The third-order valence-corrected chi connectivity index (χ3v) is 3.06. The van der Waals surface area contributed by atoms with E-state index in [0.29, 0.717) is 6.42 Å². The number of amides is 1. The molecule has 2 aliphatic heterocycles. The van der Waals surface area contributed by atoms with Gasteiger partial charge in [-0.05, 0) is 12.8 Å². The van der Waals surface area contributed by atoms with Crippen LogP contribution < -0.4 is 5.32 Å². The van der Waals surface area contributed by atoms with Crippen molar-refractivity contribution in [1.82, 2.24) is 10.2 Å². The molecule has 74 valence electrons. The van der Waals surface area contributed by atoms with Gasteiger partial charge in [0.1, 0.15) is 5.82 Å². The summed E-state index contributed by atoms with van der Waals surface area (Å²) in [6, 6.07) is 0. The molecule has 3 rings (SSSR count). The van der Waals surface area contributed by atoms with Crippen LogP contribution in [0.3, 0.4) is 0 Å². The Balaban J connectivity index is 1.93. The largest absolute Gasteiger partial charge is 0.369 e. The number of nitrogens with one attached hydrogen (secondary N) is 1. The van der Waals surface area contributed by atoms with E-state index < -0.39 is 0 Å². The summed E-state index contributed by atoms with van der Waals surface area (Å²) in [6.07, 6.45) is 2.32. The van der Waals surface area contributed by atoms with E-state index in [-0.39, 0.29) is 17.6 Å². The molecule has 3 aliphatic rings. The Bertz CT molecular complexity index is 355. The molecule has 4 nitrogen and oxygen atoms in total. The molecule has 1 saturated heterocycles. The monoisotopic (exact) mass is 192 g/mol. The average Bonchev–Trinajstić information content (AvgIpc) is 2.82. The number of ketones is 1. The lowest BCUT2D eigenvalue weighted by Crippen LogP contribution is -2.21. The van der Waals surface area contributed by atoms with E-state index in [1.165, 1.54) is 0 Å². The molecule has 0 aromatic heterocycles. The fourth-order valence-electron chi connectivity index (χ4n) is 2.14. The molecule has 1 saturated carbocycles. The summed E-state index contributed by atoms with van der Waals surface area (Å²) >= 11 is 0. The molecule has 2 heterocycles. The third-order valence-electron chi connectivity index (χ3n) is 3.06. The highest BCUT2D eigenvalue weighted by Gasteiger charge is 2.41. The maximum absolute atomic E-state index is 11.8. The van der Waals surface area contributed by atoms with Crippen molar-refractivity contribution in [2.45, 2.75) is 19.3 Å². The predicted octanol–water partition coefficient (Wildman–Crippen LogP) is 0.0126. The van der Waals surface area contributed by atoms with E-state index in [9.17, 15) is 9.59 Å². The van der Waals surface area contributed by atoms with Crippen molar-refractivity contribution in [1.29, 1.82) is 0 Å². The van der Waals surface area contributed by atoms with Gasteiger partial charge in [-0.25, -0.2) is 0 Å². The summed E-state index contributed by atoms with van der Waals surface area (Å²) < 4.78 is 0. The first-order valence-electron chi connectivity index (χ1n) is 5.09. The second-order valence-electron chi connectivity index (χ2n) is 4.11. The highest BCUT2D eigenvalue weighted by atomic mass is 16.2. The van der Waals surface area contributed by atoms with Gasteiger partial charge in [0.25, 0.3) is 0 Å². The smallest absolute Gasteiger partial charge is 0.232 e. The average molecular weight is 192 g/mol. The summed E-state index contributed by atoms with van der Waals surface area (Å²) in [5.74, 6) is 1.29. The number of carbonyl (C=O) groups is 2. The Hall–Kier alpha value is -1.32. The van der Waals surface area contributed by atoms with Crippen LogP contribution in [0.2, 0.25) is 0 Å². The Morgan fingerprint density at radius 2 is 2.21 bits per heavy atom. The molecule has 4 heteroatoms. The number of Topliss-reactive ketones (excluding diaryl/α,β-unsaturated/α-hetero) is 1. The summed E-state index contributed by atoms with van der Waals surface area (Å²) in [5.41, 5.74) is 0.731. The normalized spacial score (nSPS) is 25.4. The molecule has 0 aromatic rings. The molecule has 0 radical (unpaired) electrons. The van der Waals surface area contributed by atoms with Gasteiger partial charge in [-0.1, -0.05) is 0 Å². The molecule has 0 atom stereocenters. The lowest BCUT2D eigenvalue weighted by Gasteiger charge is -2.08. The van der Waals surface area contributed by atoms with E-state index in [2.05, 4.69) is 5.32 Å². The molecule has 14 heavy (non-hydrogen) atoms. The molecule has 0 unspecified atom stereocenters. The number of hydrogen-bond acceptors (Lipinski definition) is 3. The van der Waals surface area contributed by atoms with Crippen molar-refractivity contribution in [2.24, 2.45) is 5.92 Å². The minimum Gasteiger partial charge on any atom is -0.369 e. The minimum absolute atomic E-state index is 0.0778. The molecule has 0 bridgehead atoms. The van der Waals surface area contributed by atoms with Crippen LogP contribution in [0, 0.1) is 5.92 Å². The minimum atomic E-state index is 0.0778. The molecular weight excluding hydrogens is 180 g/mol. The topological polar surface area (TPSA) is 49.4 Å². The van der Waals surface area contributed by atoms with E-state index in [0.717, 1.165) is 37.3 Å². The van der Waals surface area contributed by atoms with Gasteiger partial charge in [0, 0.05) is 24.6 Å². The zero-order valence-corrected chi connectivity index (χ0v) is 7.88. The van der Waals surface area contributed by atoms with Crippen LogP contribution in [0.4, 0.5) is 0 Å². The van der Waals surface area contributed by atoms with Gasteiger partial charge >= 0.3 is 0 Å². The number of nitrogens with zero attached hydrogens (tertiary/aromatic N) is 1. The van der Waals surface area contributed by atoms with E-state index >= 15 is 0 Å². The lowest BCUT2D eigenvalue weighted by molar-refractivity contribution is -0.127. The maximum Gasteiger partial charge on any atom is 0.232 e. The SMILES string of the molecule is O=C(C1=C2NCCN2C(=O)C1)C1CC1. The highest BCUT2D eigenvalue weighted by Crippen LogP contribution is 2.36. The maximum atomic E-state index is 11.8. The third kappa shape index (κ3) is 0.997. The molecule has 1 aliphatic carbocycles. The Morgan fingerprint density at radius 3 is 2.93 bits per heavy atom. The Morgan fingerprint density at radius 1 is 1.43 bits per heavy atom. The summed E-state index contributed by atoms with van der Waals surface area (Å²) in [4.78, 5) is 25.0. The Kier molecular flexibility index (Phi) is 1.48. The number of carbonyl (C=O) groups excluding carboxylic acids is 2. The Labute approximate surface area is 81.9 Å². The molecule has 1 N–H and O–H groups in total. The molecule has 0 aromatic carbocycles. The first kappa shape index (κ1) is 8.03. The number of fused-ring (bicyclic) bond motifs is 1. The standard InChI is InChI=1S/C10H12N2O2/c13-8-5-7(9(14)6-1-2-6)10-11-3-4-12(8)10/h6,11H,1-5H2. The molecule has 0 spiro atoms. The van der Waals surface area contributed by atoms with Crippen LogP contribution in [-0.4, -0.2) is 29.7 Å². The second kappa shape index (κ2) is 2.59. The predicted molar refractivity (Wildman–Crippen MR) is 49.1 cm³/mol. The zero-order chi connectivity index (χ0) is 9.71. The van der Waals surface area contributed by atoms with Crippen molar-refractivity contribution >= 4 is 11.7 Å². The van der Waals surface area contributed by atoms with Crippen LogP contribution in [0.1, 0.15) is 19.3 Å². The van der Waals surface area contributed by atoms with Crippen LogP contribution in [0.25, 0.3) is 0 Å². The fraction of sp³-hybridized carbons (Fsp3) is 0.600. The molecular formula is C10H12N2O2. The summed E-state index contributed by atoms with van der Waals surface area (Å²) in [5, 5.41) is 3.13. The van der Waals surface area contributed by atoms with Gasteiger partial charge in [-0.2, -0.15) is 0 Å². The van der Waals surface area contributed by atoms with Gasteiger partial charge in [0.05, 0.1) is 6.42 Å². The van der Waals surface area contributed by atoms with Crippen molar-refractivity contribution in [3.8, 4) is 0 Å². The van der Waals surface area contributed by atoms with Crippen molar-refractivity contribution in [2.75, 3.05) is 13.1 Å². The van der Waals surface area contributed by atoms with Crippen molar-refractivity contribution < 1.29 is 9.59 Å². The summed E-state index contributed by atoms with van der Waals surface area (Å²) in [7, 11) is 0. The zero-order valence-electron chi connectivity index (χ0n) is 7.88. The van der Waals surface area contributed by atoms with Gasteiger partial charge in [-0.15, -0.1) is 0 Å². The first-order chi connectivity index (χ1) is 6.77. The number of rotatable bonds is 2. The van der Waals surface area contributed by atoms with E-state index in [4.69, 9.17) is 0 Å². The van der Waals surface area contributed by atoms with Crippen molar-refractivity contribution in [3.63, 3.8) is 0 Å². The summed E-state index contributed by atoms with van der Waals surface area (Å²) in [6.45, 7) is 1.50. The first-order valence-corrected chi connectivity index (χ1v) is 5.09. The second-order valence-corrected chi connectivity index (χ2v) is 4.11. The quantitative estimate of drug-likeness (QED) is 0.670. The van der Waals surface area contributed by atoms with Crippen LogP contribution in [0.15, 0.2) is 11.4 Å². The number of hydrogen-bond donors (Lipinski definition) is 1. The van der Waals surface area contributed by atoms with Gasteiger partial charge < -0.3 is 5.32 Å². The van der Waals surface area contributed by atoms with E-state index in [1.807, 2.05) is 0 Å². The van der Waals surface area contributed by atoms with Crippen LogP contribution in [-0.2, 0) is 9.59 Å². The lowest BCUT2D eigenvalue weighted by atomic mass is 10.1. The van der Waals surface area contributed by atoms with Crippen LogP contribution >= 0.6 is 0 Å². The van der Waals surface area contributed by atoms with Crippen LogP contribution in [0.5, 0.6) is 0 Å². The highest BCUT2D eigenvalue weighted by molar-refractivity contribution is 6.06. The van der Waals surface area contributed by atoms with Gasteiger partial charge in [0.15, 0.2) is 5.78 Å². The van der Waals surface area contributed by atoms with Gasteiger partial charge in [0.2, 0.25) is 5.91 Å².